The number of halogens is 1. The Balaban J connectivity index is 1.61. The maximum atomic E-state index is 6.02. The molecule has 0 aromatic heterocycles. The predicted molar refractivity (Wildman–Crippen MR) is 84.8 cm³/mol. The third kappa shape index (κ3) is 2.87. The lowest BCUT2D eigenvalue weighted by molar-refractivity contribution is 0.392. The van der Waals surface area contributed by atoms with Crippen LogP contribution in [0.15, 0.2) is 18.2 Å². The summed E-state index contributed by atoms with van der Waals surface area (Å²) < 4.78 is 0. The maximum absolute atomic E-state index is 6.02. The summed E-state index contributed by atoms with van der Waals surface area (Å²) in [5.74, 6) is 1.75. The van der Waals surface area contributed by atoms with Crippen LogP contribution in [0.1, 0.15) is 31.2 Å². The molecule has 102 valence electrons. The lowest BCUT2D eigenvalue weighted by Gasteiger charge is -2.24. The van der Waals surface area contributed by atoms with Crippen LogP contribution in [-0.4, -0.2) is 11.2 Å². The Morgan fingerprint density at radius 2 is 2.16 bits per heavy atom. The standard InChI is InChI=1S/C15H19ClN2S/c1-9-2-5-12(16)8-13(9)17-15(19)18-14-7-10-3-4-11(14)6-10/h2,5,8,10-11,14H,3-4,6-7H2,1H3,(H2,17,18,19)/t10-,11-,14+/m1/s1. The van der Waals surface area contributed by atoms with E-state index in [0.717, 1.165) is 33.2 Å². The third-order valence-corrected chi connectivity index (χ3v) is 4.96. The van der Waals surface area contributed by atoms with E-state index < -0.39 is 0 Å². The summed E-state index contributed by atoms with van der Waals surface area (Å²) in [5, 5.41) is 8.21. The SMILES string of the molecule is Cc1ccc(Cl)cc1NC(=S)N[C@H]1C[C@@H]2CC[C@@H]1C2. The monoisotopic (exact) mass is 294 g/mol. The van der Waals surface area contributed by atoms with Crippen LogP contribution in [0.4, 0.5) is 5.69 Å². The molecule has 0 unspecified atom stereocenters. The van der Waals surface area contributed by atoms with E-state index in [9.17, 15) is 0 Å². The van der Waals surface area contributed by atoms with Gasteiger partial charge in [-0.15, -0.1) is 0 Å². The van der Waals surface area contributed by atoms with E-state index in [1.165, 1.54) is 25.7 Å². The molecule has 19 heavy (non-hydrogen) atoms. The van der Waals surface area contributed by atoms with Gasteiger partial charge in [0.05, 0.1) is 0 Å². The second kappa shape index (κ2) is 5.29. The number of thiocarbonyl (C=S) groups is 1. The fraction of sp³-hybridized carbons (Fsp3) is 0.533. The van der Waals surface area contributed by atoms with Crippen molar-refractivity contribution in [3.8, 4) is 0 Å². The van der Waals surface area contributed by atoms with Crippen LogP contribution in [0.2, 0.25) is 5.02 Å². The summed E-state index contributed by atoms with van der Waals surface area (Å²) in [6.07, 6.45) is 5.44. The van der Waals surface area contributed by atoms with Crippen molar-refractivity contribution in [2.75, 3.05) is 5.32 Å². The second-order valence-corrected chi connectivity index (χ2v) is 6.68. The van der Waals surface area contributed by atoms with Crippen molar-refractivity contribution in [3.63, 3.8) is 0 Å². The molecule has 0 radical (unpaired) electrons. The average Bonchev–Trinajstić information content (AvgIpc) is 2.96. The number of benzene rings is 1. The van der Waals surface area contributed by atoms with Crippen LogP contribution in [0.25, 0.3) is 0 Å². The summed E-state index contributed by atoms with van der Waals surface area (Å²) >= 11 is 11.4. The predicted octanol–water partition coefficient (Wildman–Crippen LogP) is 4.12. The number of fused-ring (bicyclic) bond motifs is 2. The molecule has 1 aromatic carbocycles. The molecule has 0 saturated heterocycles. The Bertz CT molecular complexity index is 503. The Morgan fingerprint density at radius 3 is 2.84 bits per heavy atom. The number of anilines is 1. The zero-order valence-electron chi connectivity index (χ0n) is 11.1. The number of nitrogens with one attached hydrogen (secondary N) is 2. The first kappa shape index (κ1) is 13.2. The van der Waals surface area contributed by atoms with Gasteiger partial charge in [-0.05, 0) is 67.9 Å². The van der Waals surface area contributed by atoms with Gasteiger partial charge in [0.1, 0.15) is 0 Å². The van der Waals surface area contributed by atoms with E-state index in [2.05, 4.69) is 17.6 Å². The van der Waals surface area contributed by atoms with E-state index in [0.29, 0.717) is 6.04 Å². The molecular formula is C15H19ClN2S. The van der Waals surface area contributed by atoms with Crippen LogP contribution in [0.5, 0.6) is 0 Å². The van der Waals surface area contributed by atoms with Gasteiger partial charge in [0, 0.05) is 16.8 Å². The van der Waals surface area contributed by atoms with Crippen LogP contribution in [-0.2, 0) is 0 Å². The molecule has 4 heteroatoms. The molecule has 0 heterocycles. The quantitative estimate of drug-likeness (QED) is 0.802. The van der Waals surface area contributed by atoms with Crippen molar-refractivity contribution in [1.29, 1.82) is 0 Å². The third-order valence-electron chi connectivity index (χ3n) is 4.50. The van der Waals surface area contributed by atoms with Crippen LogP contribution >= 0.6 is 23.8 Å². The molecule has 0 amide bonds. The van der Waals surface area contributed by atoms with Crippen molar-refractivity contribution in [1.82, 2.24) is 5.32 Å². The molecule has 1 aromatic rings. The van der Waals surface area contributed by atoms with Gasteiger partial charge in [0.2, 0.25) is 0 Å². The fourth-order valence-corrected chi connectivity index (χ4v) is 3.91. The van der Waals surface area contributed by atoms with Gasteiger partial charge in [-0.2, -0.15) is 0 Å². The normalized spacial score (nSPS) is 28.4. The van der Waals surface area contributed by atoms with Gasteiger partial charge in [-0.3, -0.25) is 0 Å². The topological polar surface area (TPSA) is 24.1 Å². The molecule has 2 N–H and O–H groups in total. The zero-order valence-corrected chi connectivity index (χ0v) is 12.7. The Labute approximate surface area is 124 Å². The Hall–Kier alpha value is -0.800. The molecule has 0 aliphatic heterocycles. The zero-order chi connectivity index (χ0) is 13.4. The minimum atomic E-state index is 0.568. The van der Waals surface area contributed by atoms with Crippen molar-refractivity contribution in [2.24, 2.45) is 11.8 Å². The van der Waals surface area contributed by atoms with E-state index in [1.807, 2.05) is 18.2 Å². The van der Waals surface area contributed by atoms with Gasteiger partial charge in [0.25, 0.3) is 0 Å². The summed E-state index contributed by atoms with van der Waals surface area (Å²) in [7, 11) is 0. The number of hydrogen-bond acceptors (Lipinski definition) is 1. The van der Waals surface area contributed by atoms with Crippen molar-refractivity contribution >= 4 is 34.6 Å². The summed E-state index contributed by atoms with van der Waals surface area (Å²) in [6, 6.07) is 6.39. The number of aryl methyl sites for hydroxylation is 1. The maximum Gasteiger partial charge on any atom is 0.171 e. The minimum Gasteiger partial charge on any atom is -0.359 e. The van der Waals surface area contributed by atoms with Gasteiger partial charge in [-0.25, -0.2) is 0 Å². The fourth-order valence-electron chi connectivity index (χ4n) is 3.48. The average molecular weight is 295 g/mol. The molecule has 2 nitrogen and oxygen atoms in total. The van der Waals surface area contributed by atoms with E-state index in [1.54, 1.807) is 0 Å². The molecule has 0 spiro atoms. The largest absolute Gasteiger partial charge is 0.359 e. The van der Waals surface area contributed by atoms with Crippen molar-refractivity contribution in [3.05, 3.63) is 28.8 Å². The van der Waals surface area contributed by atoms with Gasteiger partial charge < -0.3 is 10.6 Å². The van der Waals surface area contributed by atoms with Crippen LogP contribution in [0.3, 0.4) is 0 Å². The molecule has 2 aliphatic rings. The highest BCUT2D eigenvalue weighted by Crippen LogP contribution is 2.44. The molecule has 3 rings (SSSR count). The first-order valence-corrected chi connectivity index (χ1v) is 7.74. The summed E-state index contributed by atoms with van der Waals surface area (Å²) in [5.41, 5.74) is 2.15. The number of rotatable bonds is 2. The first-order valence-electron chi connectivity index (χ1n) is 6.95. The molecule has 2 fully saturated rings. The minimum absolute atomic E-state index is 0.568. The number of hydrogen-bond donors (Lipinski definition) is 2. The van der Waals surface area contributed by atoms with Gasteiger partial charge >= 0.3 is 0 Å². The highest BCUT2D eigenvalue weighted by molar-refractivity contribution is 7.80. The van der Waals surface area contributed by atoms with Gasteiger partial charge in [0.15, 0.2) is 5.11 Å². The second-order valence-electron chi connectivity index (χ2n) is 5.84. The van der Waals surface area contributed by atoms with E-state index in [4.69, 9.17) is 23.8 Å². The molecule has 2 saturated carbocycles. The Morgan fingerprint density at radius 1 is 1.32 bits per heavy atom. The highest BCUT2D eigenvalue weighted by Gasteiger charge is 2.39. The summed E-state index contributed by atoms with van der Waals surface area (Å²) in [6.45, 7) is 2.05. The molecule has 2 aliphatic carbocycles. The van der Waals surface area contributed by atoms with Gasteiger partial charge in [-0.1, -0.05) is 24.1 Å². The smallest absolute Gasteiger partial charge is 0.171 e. The molecule has 3 atom stereocenters. The lowest BCUT2D eigenvalue weighted by atomic mass is 9.95. The summed E-state index contributed by atoms with van der Waals surface area (Å²) in [4.78, 5) is 0. The highest BCUT2D eigenvalue weighted by atomic mass is 35.5. The molecular weight excluding hydrogens is 276 g/mol. The van der Waals surface area contributed by atoms with Crippen molar-refractivity contribution in [2.45, 2.75) is 38.6 Å². The van der Waals surface area contributed by atoms with Crippen molar-refractivity contribution < 1.29 is 0 Å². The Kier molecular flexibility index (Phi) is 3.68. The van der Waals surface area contributed by atoms with E-state index in [-0.39, 0.29) is 0 Å². The lowest BCUT2D eigenvalue weighted by Crippen LogP contribution is -2.40. The van der Waals surface area contributed by atoms with Crippen LogP contribution in [0, 0.1) is 18.8 Å². The van der Waals surface area contributed by atoms with E-state index >= 15 is 0 Å². The molecule has 2 bridgehead atoms. The van der Waals surface area contributed by atoms with Crippen LogP contribution < -0.4 is 10.6 Å². The first-order chi connectivity index (χ1) is 9.11.